The molecule has 0 aromatic heterocycles. The van der Waals surface area contributed by atoms with Gasteiger partial charge in [-0.3, -0.25) is 0 Å². The maximum atomic E-state index is 13.4. The van der Waals surface area contributed by atoms with Gasteiger partial charge in [-0.2, -0.15) is 0 Å². The molecule has 0 amide bonds. The van der Waals surface area contributed by atoms with Gasteiger partial charge >= 0.3 is 0 Å². The van der Waals surface area contributed by atoms with E-state index >= 15 is 0 Å². The lowest BCUT2D eigenvalue weighted by molar-refractivity contribution is 0.618. The lowest BCUT2D eigenvalue weighted by Gasteiger charge is -2.04. The molecule has 0 fully saturated rings. The van der Waals surface area contributed by atoms with Crippen molar-refractivity contribution < 1.29 is 8.78 Å². The van der Waals surface area contributed by atoms with E-state index in [-0.39, 0.29) is 11.6 Å². The molecule has 0 atom stereocenters. The highest BCUT2D eigenvalue weighted by Gasteiger charge is 2.05. The zero-order chi connectivity index (χ0) is 10.3. The summed E-state index contributed by atoms with van der Waals surface area (Å²) >= 11 is 0. The van der Waals surface area contributed by atoms with E-state index in [2.05, 4.69) is 0 Å². The Balaban J connectivity index is 2.89. The Hall–Kier alpha value is -1.44. The van der Waals surface area contributed by atoms with Crippen LogP contribution < -0.4 is 0 Å². The zero-order valence-electron chi connectivity index (χ0n) is 8.07. The fourth-order valence-electron chi connectivity index (χ4n) is 1.59. The van der Waals surface area contributed by atoms with Crippen LogP contribution in [0.5, 0.6) is 0 Å². The second-order valence-corrected chi connectivity index (χ2v) is 3.57. The second-order valence-electron chi connectivity index (χ2n) is 3.57. The SMILES string of the molecule is Cc1cc(F)c2cc(C)c(F)cc2c1. The van der Waals surface area contributed by atoms with Crippen molar-refractivity contribution in [3.8, 4) is 0 Å². The number of fused-ring (bicyclic) bond motifs is 1. The van der Waals surface area contributed by atoms with Gasteiger partial charge in [0.25, 0.3) is 0 Å². The first-order valence-electron chi connectivity index (χ1n) is 4.44. The van der Waals surface area contributed by atoms with Gasteiger partial charge in [0.05, 0.1) is 0 Å². The predicted octanol–water partition coefficient (Wildman–Crippen LogP) is 3.73. The highest BCUT2D eigenvalue weighted by molar-refractivity contribution is 5.84. The molecule has 0 unspecified atom stereocenters. The Morgan fingerprint density at radius 3 is 2.29 bits per heavy atom. The molecular weight excluding hydrogens is 182 g/mol. The van der Waals surface area contributed by atoms with Crippen LogP contribution in [-0.2, 0) is 0 Å². The number of aryl methyl sites for hydroxylation is 2. The second kappa shape index (κ2) is 3.05. The highest BCUT2D eigenvalue weighted by atomic mass is 19.1. The van der Waals surface area contributed by atoms with E-state index in [1.54, 1.807) is 26.0 Å². The van der Waals surface area contributed by atoms with E-state index in [0.717, 1.165) is 5.56 Å². The Morgan fingerprint density at radius 1 is 0.857 bits per heavy atom. The molecule has 0 aliphatic rings. The maximum absolute atomic E-state index is 13.4. The molecular formula is C12H10F2. The summed E-state index contributed by atoms with van der Waals surface area (Å²) in [6, 6.07) is 6.15. The average molecular weight is 192 g/mol. The van der Waals surface area contributed by atoms with Crippen LogP contribution in [0, 0.1) is 25.5 Å². The largest absolute Gasteiger partial charge is 0.207 e. The molecule has 0 aliphatic carbocycles. The summed E-state index contributed by atoms with van der Waals surface area (Å²) in [5, 5.41) is 1.10. The third kappa shape index (κ3) is 1.37. The van der Waals surface area contributed by atoms with E-state index < -0.39 is 0 Å². The summed E-state index contributed by atoms with van der Waals surface area (Å²) in [7, 11) is 0. The van der Waals surface area contributed by atoms with E-state index in [1.807, 2.05) is 0 Å². The van der Waals surface area contributed by atoms with Crippen LogP contribution in [0.4, 0.5) is 8.78 Å². The van der Waals surface area contributed by atoms with Crippen molar-refractivity contribution in [2.75, 3.05) is 0 Å². The molecule has 2 aromatic rings. The molecule has 0 saturated carbocycles. The third-order valence-electron chi connectivity index (χ3n) is 2.33. The van der Waals surface area contributed by atoms with E-state index in [1.165, 1.54) is 12.1 Å². The molecule has 72 valence electrons. The van der Waals surface area contributed by atoms with Gasteiger partial charge in [-0.25, -0.2) is 8.78 Å². The number of hydrogen-bond acceptors (Lipinski definition) is 0. The predicted molar refractivity (Wildman–Crippen MR) is 53.3 cm³/mol. The number of rotatable bonds is 0. The van der Waals surface area contributed by atoms with Gasteiger partial charge in [-0.05, 0) is 48.6 Å². The average Bonchev–Trinajstić information content (AvgIpc) is 2.08. The normalized spacial score (nSPS) is 10.9. The van der Waals surface area contributed by atoms with Gasteiger partial charge in [0, 0.05) is 5.39 Å². The minimum atomic E-state index is -0.289. The monoisotopic (exact) mass is 192 g/mol. The van der Waals surface area contributed by atoms with Crippen molar-refractivity contribution in [1.29, 1.82) is 0 Å². The molecule has 0 spiro atoms. The van der Waals surface area contributed by atoms with Crippen LogP contribution in [0.1, 0.15) is 11.1 Å². The summed E-state index contributed by atoms with van der Waals surface area (Å²) in [5.74, 6) is -0.578. The van der Waals surface area contributed by atoms with Crippen LogP contribution in [0.25, 0.3) is 10.8 Å². The molecule has 0 bridgehead atoms. The lowest BCUT2D eigenvalue weighted by atomic mass is 10.0. The standard InChI is InChI=1S/C12H10F2/c1-7-3-9-6-11(13)8(2)5-10(9)12(14)4-7/h3-6H,1-2H3. The molecule has 0 radical (unpaired) electrons. The Morgan fingerprint density at radius 2 is 1.57 bits per heavy atom. The number of hydrogen-bond donors (Lipinski definition) is 0. The molecule has 14 heavy (non-hydrogen) atoms. The Labute approximate surface area is 81.2 Å². The minimum absolute atomic E-state index is 0.289. The smallest absolute Gasteiger partial charge is 0.131 e. The van der Waals surface area contributed by atoms with Crippen molar-refractivity contribution in [3.63, 3.8) is 0 Å². The lowest BCUT2D eigenvalue weighted by Crippen LogP contribution is -1.87. The van der Waals surface area contributed by atoms with Gasteiger partial charge in [0.2, 0.25) is 0 Å². The van der Waals surface area contributed by atoms with Crippen LogP contribution in [0.2, 0.25) is 0 Å². The summed E-state index contributed by atoms with van der Waals surface area (Å²) in [6.07, 6.45) is 0. The van der Waals surface area contributed by atoms with E-state index in [4.69, 9.17) is 0 Å². The van der Waals surface area contributed by atoms with Crippen molar-refractivity contribution >= 4 is 10.8 Å². The summed E-state index contributed by atoms with van der Waals surface area (Å²) in [6.45, 7) is 3.42. The van der Waals surface area contributed by atoms with Gasteiger partial charge in [0.1, 0.15) is 11.6 Å². The van der Waals surface area contributed by atoms with Crippen LogP contribution in [0.15, 0.2) is 24.3 Å². The molecule has 2 heteroatoms. The molecule has 2 rings (SSSR count). The van der Waals surface area contributed by atoms with E-state index in [0.29, 0.717) is 16.3 Å². The fraction of sp³-hybridized carbons (Fsp3) is 0.167. The summed E-state index contributed by atoms with van der Waals surface area (Å²) in [4.78, 5) is 0. The van der Waals surface area contributed by atoms with Crippen LogP contribution in [-0.4, -0.2) is 0 Å². The number of benzene rings is 2. The molecule has 0 N–H and O–H groups in total. The first-order valence-corrected chi connectivity index (χ1v) is 4.44. The van der Waals surface area contributed by atoms with Crippen molar-refractivity contribution in [2.24, 2.45) is 0 Å². The summed E-state index contributed by atoms with van der Waals surface area (Å²) in [5.41, 5.74) is 1.28. The molecule has 0 nitrogen and oxygen atoms in total. The van der Waals surface area contributed by atoms with Crippen molar-refractivity contribution in [1.82, 2.24) is 0 Å². The Bertz CT molecular complexity index is 501. The van der Waals surface area contributed by atoms with Crippen LogP contribution in [0.3, 0.4) is 0 Å². The summed E-state index contributed by atoms with van der Waals surface area (Å²) < 4.78 is 26.6. The first-order chi connectivity index (χ1) is 6.58. The molecule has 0 saturated heterocycles. The highest BCUT2D eigenvalue weighted by Crippen LogP contribution is 2.22. The quantitative estimate of drug-likeness (QED) is 0.596. The van der Waals surface area contributed by atoms with Gasteiger partial charge in [-0.15, -0.1) is 0 Å². The number of halogens is 2. The first kappa shape index (κ1) is 9.13. The van der Waals surface area contributed by atoms with Gasteiger partial charge in [0.15, 0.2) is 0 Å². The van der Waals surface area contributed by atoms with Crippen molar-refractivity contribution in [2.45, 2.75) is 13.8 Å². The Kier molecular flexibility index (Phi) is 1.99. The molecule has 0 aliphatic heterocycles. The maximum Gasteiger partial charge on any atom is 0.131 e. The minimum Gasteiger partial charge on any atom is -0.207 e. The van der Waals surface area contributed by atoms with Crippen molar-refractivity contribution in [3.05, 3.63) is 47.0 Å². The van der Waals surface area contributed by atoms with Crippen LogP contribution >= 0.6 is 0 Å². The fourth-order valence-corrected chi connectivity index (χ4v) is 1.59. The topological polar surface area (TPSA) is 0 Å². The molecule has 2 aromatic carbocycles. The third-order valence-corrected chi connectivity index (χ3v) is 2.33. The molecule has 0 heterocycles. The van der Waals surface area contributed by atoms with E-state index in [9.17, 15) is 8.78 Å². The van der Waals surface area contributed by atoms with Gasteiger partial charge < -0.3 is 0 Å². The van der Waals surface area contributed by atoms with Gasteiger partial charge in [-0.1, -0.05) is 6.07 Å². The zero-order valence-corrected chi connectivity index (χ0v) is 8.07.